The van der Waals surface area contributed by atoms with E-state index in [2.05, 4.69) is 20.8 Å². The Labute approximate surface area is 173 Å². The van der Waals surface area contributed by atoms with Gasteiger partial charge in [0.15, 0.2) is 0 Å². The molecule has 0 fully saturated rings. The molecular weight excluding hydrogens is 326 g/mol. The fourth-order valence-corrected chi connectivity index (χ4v) is 4.28. The first-order valence-electron chi connectivity index (χ1n) is 13.0. The quantitative estimate of drug-likeness (QED) is 0.186. The number of rotatable bonds is 22. The van der Waals surface area contributed by atoms with Crippen molar-refractivity contribution in [3.8, 4) is 0 Å². The lowest BCUT2D eigenvalue weighted by Crippen LogP contribution is -2.39. The Hall–Kier alpha value is -0.0400. The summed E-state index contributed by atoms with van der Waals surface area (Å²) in [6.45, 7) is 6.87. The largest absolute Gasteiger partial charge is 0.325 e. The van der Waals surface area contributed by atoms with Crippen molar-refractivity contribution < 1.29 is 0 Å². The molecule has 0 amide bonds. The molecule has 0 aliphatic carbocycles. The zero-order valence-electron chi connectivity index (χ0n) is 19.6. The molecule has 0 unspecified atom stereocenters. The first kappa shape index (κ1) is 27.0. The number of nitrogens with two attached hydrogens (primary N) is 1. The van der Waals surface area contributed by atoms with Crippen LogP contribution in [0.15, 0.2) is 0 Å². The van der Waals surface area contributed by atoms with E-state index in [1.165, 1.54) is 141 Å². The molecule has 0 radical (unpaired) electrons. The van der Waals surface area contributed by atoms with E-state index in [-0.39, 0.29) is 5.54 Å². The monoisotopic (exact) mass is 381 g/mol. The van der Waals surface area contributed by atoms with Crippen LogP contribution in [0.4, 0.5) is 0 Å². The van der Waals surface area contributed by atoms with Crippen molar-refractivity contribution in [2.75, 3.05) is 0 Å². The standard InChI is InChI=1S/C26H55N/c1-4-7-10-11-12-13-14-15-16-17-18-19-20-21-22-25-26(27,23-8-5-2)24-9-6-3/h4-25,27H2,1-3H3. The van der Waals surface area contributed by atoms with Crippen molar-refractivity contribution in [1.29, 1.82) is 0 Å². The number of unbranched alkanes of at least 4 members (excludes halogenated alkanes) is 16. The molecule has 0 aromatic rings. The normalized spacial score (nSPS) is 12.0. The summed E-state index contributed by atoms with van der Waals surface area (Å²) >= 11 is 0. The molecule has 0 aliphatic rings. The van der Waals surface area contributed by atoms with Crippen molar-refractivity contribution in [1.82, 2.24) is 0 Å². The summed E-state index contributed by atoms with van der Waals surface area (Å²) in [7, 11) is 0. The van der Waals surface area contributed by atoms with Gasteiger partial charge in [-0.3, -0.25) is 0 Å². The van der Waals surface area contributed by atoms with Gasteiger partial charge < -0.3 is 5.73 Å². The predicted octanol–water partition coefficient (Wildman–Crippen LogP) is 9.33. The molecule has 1 nitrogen and oxygen atoms in total. The van der Waals surface area contributed by atoms with Gasteiger partial charge in [0, 0.05) is 5.54 Å². The average molecular weight is 382 g/mol. The van der Waals surface area contributed by atoms with Gasteiger partial charge in [0.1, 0.15) is 0 Å². The molecule has 0 heterocycles. The highest BCUT2D eigenvalue weighted by atomic mass is 14.7. The summed E-state index contributed by atoms with van der Waals surface area (Å²) in [6, 6.07) is 0. The summed E-state index contributed by atoms with van der Waals surface area (Å²) in [5.41, 5.74) is 6.87. The van der Waals surface area contributed by atoms with Crippen molar-refractivity contribution in [2.45, 2.75) is 168 Å². The summed E-state index contributed by atoms with van der Waals surface area (Å²) in [5.74, 6) is 0. The van der Waals surface area contributed by atoms with Crippen molar-refractivity contribution in [2.24, 2.45) is 5.73 Å². The van der Waals surface area contributed by atoms with Gasteiger partial charge in [-0.2, -0.15) is 0 Å². The van der Waals surface area contributed by atoms with Crippen molar-refractivity contribution in [3.63, 3.8) is 0 Å². The molecule has 0 bridgehead atoms. The van der Waals surface area contributed by atoms with E-state index >= 15 is 0 Å². The Morgan fingerprint density at radius 2 is 0.630 bits per heavy atom. The highest BCUT2D eigenvalue weighted by Crippen LogP contribution is 2.25. The molecule has 27 heavy (non-hydrogen) atoms. The van der Waals surface area contributed by atoms with Crippen LogP contribution in [0.1, 0.15) is 162 Å². The van der Waals surface area contributed by atoms with E-state index in [4.69, 9.17) is 5.73 Å². The lowest BCUT2D eigenvalue weighted by Gasteiger charge is -2.30. The van der Waals surface area contributed by atoms with Crippen LogP contribution in [0, 0.1) is 0 Å². The van der Waals surface area contributed by atoms with Crippen LogP contribution in [0.25, 0.3) is 0 Å². The maximum Gasteiger partial charge on any atom is 0.0154 e. The topological polar surface area (TPSA) is 26.0 Å². The highest BCUT2D eigenvalue weighted by Gasteiger charge is 2.22. The summed E-state index contributed by atoms with van der Waals surface area (Å²) in [5, 5.41) is 0. The lowest BCUT2D eigenvalue weighted by atomic mass is 9.83. The van der Waals surface area contributed by atoms with E-state index in [9.17, 15) is 0 Å². The van der Waals surface area contributed by atoms with Gasteiger partial charge in [-0.05, 0) is 19.3 Å². The molecule has 0 spiro atoms. The predicted molar refractivity (Wildman–Crippen MR) is 126 cm³/mol. The van der Waals surface area contributed by atoms with E-state index in [1.807, 2.05) is 0 Å². The van der Waals surface area contributed by atoms with Crippen LogP contribution in [0.2, 0.25) is 0 Å². The van der Waals surface area contributed by atoms with Crippen LogP contribution in [0.3, 0.4) is 0 Å². The van der Waals surface area contributed by atoms with Gasteiger partial charge >= 0.3 is 0 Å². The average Bonchev–Trinajstić information content (AvgIpc) is 2.68. The van der Waals surface area contributed by atoms with Gasteiger partial charge in [0.2, 0.25) is 0 Å². The second-order valence-corrected chi connectivity index (χ2v) is 9.27. The van der Waals surface area contributed by atoms with E-state index in [1.54, 1.807) is 0 Å². The van der Waals surface area contributed by atoms with Crippen molar-refractivity contribution >= 4 is 0 Å². The smallest absolute Gasteiger partial charge is 0.0154 e. The number of hydrogen-bond donors (Lipinski definition) is 1. The van der Waals surface area contributed by atoms with Crippen molar-refractivity contribution in [3.05, 3.63) is 0 Å². The second-order valence-electron chi connectivity index (χ2n) is 9.27. The molecule has 0 saturated heterocycles. The lowest BCUT2D eigenvalue weighted by molar-refractivity contribution is 0.309. The van der Waals surface area contributed by atoms with Gasteiger partial charge in [-0.15, -0.1) is 0 Å². The van der Waals surface area contributed by atoms with Crippen LogP contribution in [-0.2, 0) is 0 Å². The van der Waals surface area contributed by atoms with Crippen LogP contribution in [0.5, 0.6) is 0 Å². The fourth-order valence-electron chi connectivity index (χ4n) is 4.28. The first-order valence-corrected chi connectivity index (χ1v) is 13.0. The minimum Gasteiger partial charge on any atom is -0.325 e. The molecule has 0 aromatic carbocycles. The molecule has 0 atom stereocenters. The molecular formula is C26H55N. The van der Waals surface area contributed by atoms with Crippen LogP contribution in [-0.4, -0.2) is 5.54 Å². The maximum absolute atomic E-state index is 6.72. The van der Waals surface area contributed by atoms with Crippen LogP contribution >= 0.6 is 0 Å². The van der Waals surface area contributed by atoms with E-state index in [0.29, 0.717) is 0 Å². The molecule has 164 valence electrons. The Bertz CT molecular complexity index is 265. The van der Waals surface area contributed by atoms with Gasteiger partial charge in [0.25, 0.3) is 0 Å². The third-order valence-electron chi connectivity index (χ3n) is 6.33. The fraction of sp³-hybridized carbons (Fsp3) is 1.00. The summed E-state index contributed by atoms with van der Waals surface area (Å²) in [4.78, 5) is 0. The third-order valence-corrected chi connectivity index (χ3v) is 6.33. The van der Waals surface area contributed by atoms with Crippen LogP contribution < -0.4 is 5.73 Å². The highest BCUT2D eigenvalue weighted by molar-refractivity contribution is 4.83. The molecule has 1 heteroatoms. The molecule has 0 aliphatic heterocycles. The molecule has 2 N–H and O–H groups in total. The maximum atomic E-state index is 6.72. The van der Waals surface area contributed by atoms with Gasteiger partial charge in [-0.25, -0.2) is 0 Å². The van der Waals surface area contributed by atoms with Gasteiger partial charge in [-0.1, -0.05) is 143 Å². The van der Waals surface area contributed by atoms with E-state index < -0.39 is 0 Å². The minimum atomic E-state index is 0.141. The Balaban J connectivity index is 3.41. The zero-order valence-corrected chi connectivity index (χ0v) is 19.6. The summed E-state index contributed by atoms with van der Waals surface area (Å²) in [6.07, 6.45) is 30.5. The second kappa shape index (κ2) is 20.7. The zero-order chi connectivity index (χ0) is 20.1. The Morgan fingerprint density at radius 1 is 0.370 bits per heavy atom. The third kappa shape index (κ3) is 19.1. The molecule has 0 rings (SSSR count). The minimum absolute atomic E-state index is 0.141. The Morgan fingerprint density at radius 3 is 0.963 bits per heavy atom. The summed E-state index contributed by atoms with van der Waals surface area (Å²) < 4.78 is 0. The van der Waals surface area contributed by atoms with E-state index in [0.717, 1.165) is 0 Å². The van der Waals surface area contributed by atoms with Gasteiger partial charge in [0.05, 0.1) is 0 Å². The Kier molecular flexibility index (Phi) is 20.7. The first-order chi connectivity index (χ1) is 13.2. The molecule has 0 saturated carbocycles. The SMILES string of the molecule is CCCCCCCCCCCCCCCCCC(N)(CCCC)CCCC. The number of hydrogen-bond acceptors (Lipinski definition) is 1. The molecule has 0 aromatic heterocycles.